The highest BCUT2D eigenvalue weighted by molar-refractivity contribution is 6.42. The second-order valence-electron chi connectivity index (χ2n) is 10.0. The number of rotatable bonds is 9. The Kier molecular flexibility index (Phi) is 10.1. The Balaban J connectivity index is 1.48. The van der Waals surface area contributed by atoms with Crippen LogP contribution in [0, 0.1) is 10.1 Å². The van der Waals surface area contributed by atoms with Gasteiger partial charge in [-0.2, -0.15) is 0 Å². The number of hydrogen-bond donors (Lipinski definition) is 1. The van der Waals surface area contributed by atoms with Crippen molar-refractivity contribution in [2.75, 3.05) is 58.4 Å². The largest absolute Gasteiger partial charge is 0.461 e. The fourth-order valence-electron chi connectivity index (χ4n) is 5.21. The van der Waals surface area contributed by atoms with Crippen molar-refractivity contribution in [2.24, 2.45) is 0 Å². The first-order valence-electron chi connectivity index (χ1n) is 13.4. The molecule has 2 aliphatic heterocycles. The van der Waals surface area contributed by atoms with E-state index < -0.39 is 22.7 Å². The summed E-state index contributed by atoms with van der Waals surface area (Å²) in [6.45, 7) is 7.17. The Labute approximate surface area is 254 Å². The SMILES string of the molecule is CON(C)C(=O)C1=C(C)NC(C)=C(C(=O)OCCN2CCN(c3ccc(Cl)c(Cl)c3)CC2)C1c1cccc([N+](=O)[O-])c1. The zero-order valence-corrected chi connectivity index (χ0v) is 25.4. The Hall–Kier alpha value is -3.64. The summed E-state index contributed by atoms with van der Waals surface area (Å²) >= 11 is 12.2. The highest BCUT2D eigenvalue weighted by atomic mass is 35.5. The summed E-state index contributed by atoms with van der Waals surface area (Å²) in [5, 5.41) is 16.7. The number of nitro benzene ring substituents is 1. The molecule has 224 valence electrons. The molecule has 0 aromatic heterocycles. The molecule has 2 heterocycles. The van der Waals surface area contributed by atoms with E-state index in [4.69, 9.17) is 32.8 Å². The van der Waals surface area contributed by atoms with Crippen molar-refractivity contribution in [3.63, 3.8) is 0 Å². The van der Waals surface area contributed by atoms with Gasteiger partial charge in [0, 0.05) is 69.0 Å². The Bertz CT molecular complexity index is 1440. The van der Waals surface area contributed by atoms with Crippen molar-refractivity contribution >= 4 is 46.5 Å². The maximum absolute atomic E-state index is 13.6. The molecule has 4 rings (SSSR count). The highest BCUT2D eigenvalue weighted by Gasteiger charge is 2.39. The number of halogens is 2. The number of benzene rings is 2. The summed E-state index contributed by atoms with van der Waals surface area (Å²) in [6.07, 6.45) is 0. The number of esters is 1. The average Bonchev–Trinajstić information content (AvgIpc) is 2.97. The minimum absolute atomic E-state index is 0.133. The number of hydroxylamine groups is 2. The van der Waals surface area contributed by atoms with Gasteiger partial charge in [-0.3, -0.25) is 24.6 Å². The molecule has 0 spiro atoms. The first kappa shape index (κ1) is 31.3. The number of nitrogens with zero attached hydrogens (tertiary/aromatic N) is 4. The number of ether oxygens (including phenoxy) is 1. The van der Waals surface area contributed by atoms with E-state index in [-0.39, 0.29) is 23.4 Å². The van der Waals surface area contributed by atoms with E-state index >= 15 is 0 Å². The number of nitro groups is 1. The molecule has 2 aliphatic rings. The van der Waals surface area contributed by atoms with Crippen LogP contribution in [0.2, 0.25) is 10.0 Å². The number of allylic oxidation sites excluding steroid dienone is 2. The average molecular weight is 619 g/mol. The van der Waals surface area contributed by atoms with E-state index in [0.717, 1.165) is 36.9 Å². The van der Waals surface area contributed by atoms with Crippen LogP contribution in [0.3, 0.4) is 0 Å². The number of anilines is 1. The maximum Gasteiger partial charge on any atom is 0.336 e. The topological polar surface area (TPSA) is 117 Å². The van der Waals surface area contributed by atoms with Crippen LogP contribution < -0.4 is 10.2 Å². The molecule has 0 aliphatic carbocycles. The van der Waals surface area contributed by atoms with Gasteiger partial charge in [0.25, 0.3) is 11.6 Å². The number of dihydropyridines is 1. The van der Waals surface area contributed by atoms with Crippen molar-refractivity contribution in [1.82, 2.24) is 15.3 Å². The maximum atomic E-state index is 13.6. The molecule has 0 radical (unpaired) electrons. The monoisotopic (exact) mass is 617 g/mol. The van der Waals surface area contributed by atoms with E-state index in [0.29, 0.717) is 33.5 Å². The first-order chi connectivity index (χ1) is 20.0. The zero-order valence-electron chi connectivity index (χ0n) is 23.9. The Morgan fingerprint density at radius 1 is 1.05 bits per heavy atom. The van der Waals surface area contributed by atoms with Crippen LogP contribution in [0.4, 0.5) is 11.4 Å². The molecular weight excluding hydrogens is 585 g/mol. The molecule has 1 fully saturated rings. The van der Waals surface area contributed by atoms with Crippen molar-refractivity contribution in [3.05, 3.63) is 90.7 Å². The second kappa shape index (κ2) is 13.6. The molecule has 13 heteroatoms. The van der Waals surface area contributed by atoms with Crippen LogP contribution in [0.25, 0.3) is 0 Å². The predicted molar refractivity (Wildman–Crippen MR) is 160 cm³/mol. The van der Waals surface area contributed by atoms with Crippen molar-refractivity contribution in [1.29, 1.82) is 0 Å². The standard InChI is InChI=1S/C29H33Cl2N5O6/c1-18-25(28(37)33(3)41-4)27(20-6-5-7-22(16-20)36(39)40)26(19(2)32-18)29(38)42-15-14-34-10-12-35(13-11-34)21-8-9-23(30)24(31)17-21/h5-9,16-17,27,32H,10-15H2,1-4H3. The minimum atomic E-state index is -0.904. The number of carbonyl (C=O) groups excluding carboxylic acids is 2. The molecule has 0 saturated carbocycles. The summed E-state index contributed by atoms with van der Waals surface area (Å²) in [5.74, 6) is -2.00. The van der Waals surface area contributed by atoms with Gasteiger partial charge >= 0.3 is 5.97 Å². The molecule has 2 aromatic rings. The third-order valence-electron chi connectivity index (χ3n) is 7.47. The van der Waals surface area contributed by atoms with Crippen LogP contribution >= 0.6 is 23.2 Å². The van der Waals surface area contributed by atoms with Crippen LogP contribution in [0.5, 0.6) is 0 Å². The van der Waals surface area contributed by atoms with Gasteiger partial charge in [-0.05, 0) is 37.6 Å². The highest BCUT2D eigenvalue weighted by Crippen LogP contribution is 2.40. The zero-order chi connectivity index (χ0) is 30.6. The summed E-state index contributed by atoms with van der Waals surface area (Å²) in [4.78, 5) is 47.5. The van der Waals surface area contributed by atoms with Crippen LogP contribution in [0.15, 0.2) is 65.0 Å². The smallest absolute Gasteiger partial charge is 0.336 e. The van der Waals surface area contributed by atoms with E-state index in [1.54, 1.807) is 26.0 Å². The Morgan fingerprint density at radius 3 is 2.38 bits per heavy atom. The lowest BCUT2D eigenvalue weighted by molar-refractivity contribution is -0.384. The van der Waals surface area contributed by atoms with Gasteiger partial charge in [0.15, 0.2) is 0 Å². The number of likely N-dealkylation sites (N-methyl/N-ethyl adjacent to an activating group) is 1. The van der Waals surface area contributed by atoms with Crippen LogP contribution in [-0.4, -0.2) is 80.3 Å². The van der Waals surface area contributed by atoms with Gasteiger partial charge in [0.1, 0.15) is 6.61 Å². The number of carbonyl (C=O) groups is 2. The van der Waals surface area contributed by atoms with Gasteiger partial charge in [0.2, 0.25) is 0 Å². The third-order valence-corrected chi connectivity index (χ3v) is 8.21. The van der Waals surface area contributed by atoms with E-state index in [2.05, 4.69) is 15.1 Å². The molecule has 2 aromatic carbocycles. The number of amides is 1. The van der Waals surface area contributed by atoms with Crippen LogP contribution in [0.1, 0.15) is 25.3 Å². The van der Waals surface area contributed by atoms with E-state index in [9.17, 15) is 19.7 Å². The molecule has 42 heavy (non-hydrogen) atoms. The fraction of sp³-hybridized carbons (Fsp3) is 0.379. The van der Waals surface area contributed by atoms with Gasteiger partial charge in [-0.15, -0.1) is 0 Å². The summed E-state index contributed by atoms with van der Waals surface area (Å²) in [7, 11) is 2.81. The van der Waals surface area contributed by atoms with Gasteiger partial charge in [-0.1, -0.05) is 35.3 Å². The lowest BCUT2D eigenvalue weighted by Crippen LogP contribution is -2.47. The van der Waals surface area contributed by atoms with Crippen molar-refractivity contribution in [2.45, 2.75) is 19.8 Å². The molecule has 1 amide bonds. The molecular formula is C29H33Cl2N5O6. The molecule has 1 unspecified atom stereocenters. The van der Waals surface area contributed by atoms with Crippen molar-refractivity contribution < 1.29 is 24.1 Å². The summed E-state index contributed by atoms with van der Waals surface area (Å²) < 4.78 is 5.74. The number of non-ortho nitro benzene ring substituents is 1. The minimum Gasteiger partial charge on any atom is -0.461 e. The number of nitrogens with one attached hydrogen (secondary N) is 1. The quantitative estimate of drug-likeness (QED) is 0.246. The lowest BCUT2D eigenvalue weighted by atomic mass is 9.80. The van der Waals surface area contributed by atoms with Crippen LogP contribution in [-0.2, 0) is 19.2 Å². The Morgan fingerprint density at radius 2 is 1.74 bits per heavy atom. The van der Waals surface area contributed by atoms with Gasteiger partial charge in [-0.25, -0.2) is 9.86 Å². The summed E-state index contributed by atoms with van der Waals surface area (Å²) in [5.41, 5.74) is 2.72. The van der Waals surface area contributed by atoms with Crippen molar-refractivity contribution in [3.8, 4) is 0 Å². The normalized spacial score (nSPS) is 17.7. The first-order valence-corrected chi connectivity index (χ1v) is 14.1. The van der Waals surface area contributed by atoms with Gasteiger partial charge < -0.3 is 15.0 Å². The lowest BCUT2D eigenvalue weighted by Gasteiger charge is -2.36. The summed E-state index contributed by atoms with van der Waals surface area (Å²) in [6, 6.07) is 11.5. The molecule has 1 saturated heterocycles. The molecule has 0 bridgehead atoms. The molecule has 1 N–H and O–H groups in total. The van der Waals surface area contributed by atoms with Gasteiger partial charge in [0.05, 0.1) is 39.1 Å². The fourth-order valence-corrected chi connectivity index (χ4v) is 5.50. The predicted octanol–water partition coefficient (Wildman–Crippen LogP) is 4.52. The second-order valence-corrected chi connectivity index (χ2v) is 10.9. The third kappa shape index (κ3) is 6.87. The molecule has 11 nitrogen and oxygen atoms in total. The number of hydrogen-bond acceptors (Lipinski definition) is 9. The van der Waals surface area contributed by atoms with E-state index in [1.165, 1.54) is 32.4 Å². The van der Waals surface area contributed by atoms with E-state index in [1.807, 2.05) is 12.1 Å². The number of piperazine rings is 1. The molecule has 1 atom stereocenters.